The van der Waals surface area contributed by atoms with Crippen molar-refractivity contribution in [3.05, 3.63) is 20.8 Å². The van der Waals surface area contributed by atoms with Crippen LogP contribution in [0.3, 0.4) is 0 Å². The number of amides is 2. The van der Waals surface area contributed by atoms with E-state index in [-0.39, 0.29) is 12.6 Å². The Kier molecular flexibility index (Phi) is 6.30. The Morgan fingerprint density at radius 1 is 1.47 bits per heavy atom. The van der Waals surface area contributed by atoms with Crippen molar-refractivity contribution in [2.75, 3.05) is 20.1 Å². The second kappa shape index (κ2) is 7.49. The van der Waals surface area contributed by atoms with Gasteiger partial charge in [0, 0.05) is 28.3 Å². The smallest absolute Gasteiger partial charge is 0.323 e. The van der Waals surface area contributed by atoms with Crippen molar-refractivity contribution in [3.63, 3.8) is 0 Å². The Morgan fingerprint density at radius 2 is 2.16 bits per heavy atom. The zero-order valence-corrected chi connectivity index (χ0v) is 13.3. The molecule has 0 saturated heterocycles. The van der Waals surface area contributed by atoms with E-state index in [9.17, 15) is 9.59 Å². The van der Waals surface area contributed by atoms with E-state index in [1.54, 1.807) is 18.4 Å². The maximum Gasteiger partial charge on any atom is 0.323 e. The van der Waals surface area contributed by atoms with E-state index in [2.05, 4.69) is 15.9 Å². The number of carboxylic acids is 1. The van der Waals surface area contributed by atoms with Crippen molar-refractivity contribution >= 4 is 39.3 Å². The molecule has 0 saturated carbocycles. The van der Waals surface area contributed by atoms with Gasteiger partial charge in [-0.15, -0.1) is 11.3 Å². The fraction of sp³-hybridized carbons (Fsp3) is 0.500. The van der Waals surface area contributed by atoms with Crippen molar-refractivity contribution in [3.8, 4) is 0 Å². The summed E-state index contributed by atoms with van der Waals surface area (Å²) in [5, 5.41) is 10.8. The molecule has 106 valence electrons. The molecule has 0 unspecified atom stereocenters. The molecule has 5 nitrogen and oxygen atoms in total. The fourth-order valence-corrected chi connectivity index (χ4v) is 3.16. The fourth-order valence-electron chi connectivity index (χ4n) is 1.66. The van der Waals surface area contributed by atoms with Crippen LogP contribution in [0.5, 0.6) is 0 Å². The Labute approximate surface area is 124 Å². The van der Waals surface area contributed by atoms with Crippen LogP contribution in [0, 0.1) is 0 Å². The van der Waals surface area contributed by atoms with Gasteiger partial charge in [-0.3, -0.25) is 4.79 Å². The van der Waals surface area contributed by atoms with Gasteiger partial charge in [0.25, 0.3) is 0 Å². The number of carbonyl (C=O) groups is 2. The molecule has 1 N–H and O–H groups in total. The predicted molar refractivity (Wildman–Crippen MR) is 78.4 cm³/mol. The first-order valence-corrected chi connectivity index (χ1v) is 7.56. The molecule has 2 amide bonds. The van der Waals surface area contributed by atoms with E-state index in [0.717, 1.165) is 15.8 Å². The lowest BCUT2D eigenvalue weighted by Crippen LogP contribution is -2.43. The summed E-state index contributed by atoms with van der Waals surface area (Å²) < 4.78 is 0.990. The van der Waals surface area contributed by atoms with Gasteiger partial charge in [0.05, 0.1) is 6.54 Å². The second-order valence-corrected chi connectivity index (χ2v) is 6.10. The first kappa shape index (κ1) is 16.0. The van der Waals surface area contributed by atoms with E-state index in [0.29, 0.717) is 13.1 Å². The molecule has 1 aromatic rings. The lowest BCUT2D eigenvalue weighted by atomic mass is 10.4. The molecule has 0 fully saturated rings. The minimum atomic E-state index is -0.992. The van der Waals surface area contributed by atoms with Gasteiger partial charge in [0.1, 0.15) is 6.54 Å². The van der Waals surface area contributed by atoms with Crippen molar-refractivity contribution in [1.82, 2.24) is 9.80 Å². The topological polar surface area (TPSA) is 60.9 Å². The highest BCUT2D eigenvalue weighted by atomic mass is 79.9. The summed E-state index contributed by atoms with van der Waals surface area (Å²) in [5.74, 6) is -0.992. The summed E-state index contributed by atoms with van der Waals surface area (Å²) in [6.45, 7) is 2.59. The normalized spacial score (nSPS) is 10.3. The first-order chi connectivity index (χ1) is 8.93. The van der Waals surface area contributed by atoms with E-state index >= 15 is 0 Å². The van der Waals surface area contributed by atoms with Gasteiger partial charge in [0.2, 0.25) is 0 Å². The molecular formula is C12H17BrN2O3S. The lowest BCUT2D eigenvalue weighted by molar-refractivity contribution is -0.137. The molecule has 0 aliphatic heterocycles. The highest BCUT2D eigenvalue weighted by molar-refractivity contribution is 9.10. The van der Waals surface area contributed by atoms with Gasteiger partial charge < -0.3 is 14.9 Å². The number of hydrogen-bond acceptors (Lipinski definition) is 3. The van der Waals surface area contributed by atoms with E-state index in [1.807, 2.05) is 18.4 Å². The number of hydrogen-bond donors (Lipinski definition) is 1. The molecule has 0 aromatic carbocycles. The number of aliphatic carboxylic acids is 1. The van der Waals surface area contributed by atoms with Gasteiger partial charge >= 0.3 is 12.0 Å². The van der Waals surface area contributed by atoms with Crippen LogP contribution in [0.2, 0.25) is 0 Å². The minimum absolute atomic E-state index is 0.256. The summed E-state index contributed by atoms with van der Waals surface area (Å²) >= 11 is 4.92. The number of nitrogens with zero attached hydrogens (tertiary/aromatic N) is 2. The lowest BCUT2D eigenvalue weighted by Gasteiger charge is -2.26. The van der Waals surface area contributed by atoms with Crippen LogP contribution in [-0.4, -0.2) is 47.0 Å². The van der Waals surface area contributed by atoms with Gasteiger partial charge in [-0.1, -0.05) is 6.92 Å². The Morgan fingerprint density at radius 3 is 2.63 bits per heavy atom. The Balaban J connectivity index is 2.64. The third-order valence-electron chi connectivity index (χ3n) is 2.43. The number of rotatable bonds is 6. The number of thiophene rings is 1. The quantitative estimate of drug-likeness (QED) is 0.859. The number of urea groups is 1. The van der Waals surface area contributed by atoms with E-state index in [1.165, 1.54) is 9.80 Å². The molecule has 0 aliphatic carbocycles. The molecule has 19 heavy (non-hydrogen) atoms. The summed E-state index contributed by atoms with van der Waals surface area (Å²) in [5.41, 5.74) is 0. The van der Waals surface area contributed by atoms with Crippen LogP contribution >= 0.6 is 27.3 Å². The van der Waals surface area contributed by atoms with Crippen molar-refractivity contribution in [2.45, 2.75) is 19.9 Å². The van der Waals surface area contributed by atoms with Crippen molar-refractivity contribution in [1.29, 1.82) is 0 Å². The number of carboxylic acid groups (broad SMARTS) is 1. The molecule has 0 atom stereocenters. The van der Waals surface area contributed by atoms with Crippen LogP contribution in [0.15, 0.2) is 15.9 Å². The molecule has 0 spiro atoms. The zero-order valence-electron chi connectivity index (χ0n) is 10.9. The van der Waals surface area contributed by atoms with Crippen LogP contribution < -0.4 is 0 Å². The highest BCUT2D eigenvalue weighted by Crippen LogP contribution is 2.21. The summed E-state index contributed by atoms with van der Waals surface area (Å²) in [6, 6.07) is 1.70. The van der Waals surface area contributed by atoms with Gasteiger partial charge in [-0.2, -0.15) is 0 Å². The minimum Gasteiger partial charge on any atom is -0.480 e. The van der Waals surface area contributed by atoms with Gasteiger partial charge in [-0.05, 0) is 28.4 Å². The molecule has 1 aromatic heterocycles. The van der Waals surface area contributed by atoms with E-state index in [4.69, 9.17) is 5.11 Å². The van der Waals surface area contributed by atoms with E-state index < -0.39 is 5.97 Å². The maximum absolute atomic E-state index is 12.2. The average Bonchev–Trinajstić information content (AvgIpc) is 2.72. The molecule has 0 radical (unpaired) electrons. The second-order valence-electron chi connectivity index (χ2n) is 4.19. The van der Waals surface area contributed by atoms with Gasteiger partial charge in [0.15, 0.2) is 0 Å². The molecule has 1 heterocycles. The van der Waals surface area contributed by atoms with Crippen molar-refractivity contribution < 1.29 is 14.7 Å². The highest BCUT2D eigenvalue weighted by Gasteiger charge is 2.20. The van der Waals surface area contributed by atoms with Crippen LogP contribution in [0.4, 0.5) is 4.79 Å². The number of carbonyl (C=O) groups excluding carboxylic acids is 1. The summed E-state index contributed by atoms with van der Waals surface area (Å²) in [4.78, 5) is 26.9. The van der Waals surface area contributed by atoms with Crippen LogP contribution in [-0.2, 0) is 11.3 Å². The SMILES string of the molecule is CCCN(CC(=O)O)C(=O)N(C)Cc1cc(Br)cs1. The maximum atomic E-state index is 12.2. The van der Waals surface area contributed by atoms with Crippen molar-refractivity contribution in [2.24, 2.45) is 0 Å². The first-order valence-electron chi connectivity index (χ1n) is 5.88. The monoisotopic (exact) mass is 348 g/mol. The van der Waals surface area contributed by atoms with Crippen LogP contribution in [0.25, 0.3) is 0 Å². The molecular weight excluding hydrogens is 332 g/mol. The summed E-state index contributed by atoms with van der Waals surface area (Å²) in [6.07, 6.45) is 0.734. The largest absolute Gasteiger partial charge is 0.480 e. The summed E-state index contributed by atoms with van der Waals surface area (Å²) in [7, 11) is 1.68. The Hall–Kier alpha value is -1.08. The Bertz CT molecular complexity index is 450. The average molecular weight is 349 g/mol. The zero-order chi connectivity index (χ0) is 14.4. The number of halogens is 1. The molecule has 7 heteroatoms. The standard InChI is InChI=1S/C12H17BrN2O3S/c1-3-4-15(7-11(16)17)12(18)14(2)6-10-5-9(13)8-19-10/h5,8H,3-4,6-7H2,1-2H3,(H,16,17). The predicted octanol–water partition coefficient (Wildman–Crippen LogP) is 2.86. The third kappa shape index (κ3) is 5.20. The molecule has 0 aliphatic rings. The molecule has 0 bridgehead atoms. The third-order valence-corrected chi connectivity index (χ3v) is 4.11. The molecule has 1 rings (SSSR count). The van der Waals surface area contributed by atoms with Gasteiger partial charge in [-0.25, -0.2) is 4.79 Å². The van der Waals surface area contributed by atoms with Crippen LogP contribution in [0.1, 0.15) is 18.2 Å².